The molecule has 7 nitrogen and oxygen atoms in total. The molecule has 0 heterocycles. The van der Waals surface area contributed by atoms with Crippen LogP contribution in [0.15, 0.2) is 24.3 Å². The largest absolute Gasteiger partial charge is 0.480 e. The lowest BCUT2D eigenvalue weighted by Gasteiger charge is -2.18. The maximum Gasteiger partial charge on any atom is 0.326 e. The first kappa shape index (κ1) is 55.9. The standard InChI is InChI=1S/C51H96N2O5/c1-3-5-7-9-11-13-15-17-19-20-22-24-26-28-30-35-39-45-50(55)58-47(41-36-32-29-27-25-23-21-18-16-14-12-10-8-6-4-2)42-37-33-31-34-38-44-49(54)53-48(51(56)57)43-40-46-52/h16,18,23,25,47-48H,3-15,17,19-22,24,26-46,52H2,1-2H3,(H,53,54)(H,56,57)/b18-16-,25-23-. The maximum atomic E-state index is 12.9. The molecule has 4 N–H and O–H groups in total. The molecule has 2 atom stereocenters. The zero-order valence-electron chi connectivity index (χ0n) is 38.4. The van der Waals surface area contributed by atoms with E-state index in [1.165, 1.54) is 141 Å². The first-order chi connectivity index (χ1) is 28.4. The van der Waals surface area contributed by atoms with Crippen molar-refractivity contribution < 1.29 is 24.2 Å². The van der Waals surface area contributed by atoms with Crippen molar-refractivity contribution in [3.63, 3.8) is 0 Å². The summed E-state index contributed by atoms with van der Waals surface area (Å²) in [4.78, 5) is 36.5. The maximum absolute atomic E-state index is 12.9. The number of rotatable bonds is 46. The normalized spacial score (nSPS) is 12.7. The monoisotopic (exact) mass is 817 g/mol. The zero-order valence-corrected chi connectivity index (χ0v) is 38.4. The lowest BCUT2D eigenvalue weighted by molar-refractivity contribution is -0.150. The molecule has 0 aromatic rings. The van der Waals surface area contributed by atoms with E-state index in [9.17, 15) is 19.5 Å². The summed E-state index contributed by atoms with van der Waals surface area (Å²) in [5, 5.41) is 12.0. The van der Waals surface area contributed by atoms with Crippen LogP contribution in [0.2, 0.25) is 0 Å². The molecule has 0 aliphatic heterocycles. The molecule has 0 aromatic heterocycles. The summed E-state index contributed by atoms with van der Waals surface area (Å²) in [6.45, 7) is 4.96. The van der Waals surface area contributed by atoms with E-state index in [0.29, 0.717) is 32.2 Å². The number of esters is 1. The van der Waals surface area contributed by atoms with Crippen LogP contribution in [0.1, 0.15) is 264 Å². The minimum Gasteiger partial charge on any atom is -0.480 e. The summed E-state index contributed by atoms with van der Waals surface area (Å²) in [7, 11) is 0. The van der Waals surface area contributed by atoms with Gasteiger partial charge in [-0.3, -0.25) is 9.59 Å². The highest BCUT2D eigenvalue weighted by molar-refractivity contribution is 5.83. The lowest BCUT2D eigenvalue weighted by Crippen LogP contribution is -2.40. The van der Waals surface area contributed by atoms with Gasteiger partial charge < -0.3 is 20.9 Å². The Labute approximate surface area is 359 Å². The second-order valence-electron chi connectivity index (χ2n) is 17.2. The Balaban J connectivity index is 4.32. The van der Waals surface area contributed by atoms with Crippen molar-refractivity contribution in [3.8, 4) is 0 Å². The second kappa shape index (κ2) is 45.9. The summed E-state index contributed by atoms with van der Waals surface area (Å²) in [6, 6.07) is -0.858. The smallest absolute Gasteiger partial charge is 0.326 e. The number of unbranched alkanes of at least 4 members (excludes halogenated alkanes) is 28. The number of hydrogen-bond donors (Lipinski definition) is 3. The molecule has 340 valence electrons. The molecule has 0 rings (SSSR count). The van der Waals surface area contributed by atoms with E-state index in [1.807, 2.05) is 0 Å². The molecule has 7 heteroatoms. The van der Waals surface area contributed by atoms with Gasteiger partial charge in [0.2, 0.25) is 5.91 Å². The van der Waals surface area contributed by atoms with Crippen molar-refractivity contribution in [2.45, 2.75) is 276 Å². The van der Waals surface area contributed by atoms with Gasteiger partial charge in [0.1, 0.15) is 12.1 Å². The van der Waals surface area contributed by atoms with Crippen molar-refractivity contribution in [1.29, 1.82) is 0 Å². The molecular weight excluding hydrogens is 721 g/mol. The first-order valence-electron chi connectivity index (χ1n) is 25.2. The fraction of sp³-hybridized carbons (Fsp3) is 0.863. The van der Waals surface area contributed by atoms with Crippen LogP contribution >= 0.6 is 0 Å². The quantitative estimate of drug-likeness (QED) is 0.0320. The first-order valence-corrected chi connectivity index (χ1v) is 25.2. The molecule has 0 spiro atoms. The predicted octanol–water partition coefficient (Wildman–Crippen LogP) is 14.8. The number of carboxylic acid groups (broad SMARTS) is 1. The fourth-order valence-corrected chi connectivity index (χ4v) is 7.72. The molecule has 0 saturated heterocycles. The van der Waals surface area contributed by atoms with E-state index in [-0.39, 0.29) is 18.0 Å². The Morgan fingerprint density at radius 3 is 1.34 bits per heavy atom. The average molecular weight is 817 g/mol. The summed E-state index contributed by atoms with van der Waals surface area (Å²) >= 11 is 0. The molecule has 0 bridgehead atoms. The van der Waals surface area contributed by atoms with Crippen LogP contribution in [0.5, 0.6) is 0 Å². The van der Waals surface area contributed by atoms with E-state index in [4.69, 9.17) is 10.5 Å². The van der Waals surface area contributed by atoms with E-state index < -0.39 is 12.0 Å². The molecule has 0 aliphatic rings. The highest BCUT2D eigenvalue weighted by Crippen LogP contribution is 2.19. The highest BCUT2D eigenvalue weighted by Gasteiger charge is 2.19. The highest BCUT2D eigenvalue weighted by atomic mass is 16.5. The molecule has 0 saturated carbocycles. The van der Waals surface area contributed by atoms with Gasteiger partial charge in [0.15, 0.2) is 0 Å². The Hall–Kier alpha value is -2.15. The van der Waals surface area contributed by atoms with Gasteiger partial charge in [-0.25, -0.2) is 4.79 Å². The van der Waals surface area contributed by atoms with E-state index in [1.54, 1.807) is 0 Å². The van der Waals surface area contributed by atoms with Crippen LogP contribution < -0.4 is 11.1 Å². The van der Waals surface area contributed by atoms with Crippen LogP contribution in [-0.2, 0) is 19.1 Å². The van der Waals surface area contributed by atoms with E-state index >= 15 is 0 Å². The third-order valence-corrected chi connectivity index (χ3v) is 11.5. The molecule has 0 radical (unpaired) electrons. The molecule has 58 heavy (non-hydrogen) atoms. The third kappa shape index (κ3) is 42.0. The van der Waals surface area contributed by atoms with E-state index in [2.05, 4.69) is 43.5 Å². The summed E-state index contributed by atoms with van der Waals surface area (Å²) < 4.78 is 6.07. The minimum atomic E-state index is -1.00. The number of aliphatic carboxylic acids is 1. The number of nitrogens with two attached hydrogens (primary N) is 1. The van der Waals surface area contributed by atoms with Crippen molar-refractivity contribution in [2.24, 2.45) is 5.73 Å². The number of nitrogens with one attached hydrogen (secondary N) is 1. The third-order valence-electron chi connectivity index (χ3n) is 11.5. The molecule has 0 fully saturated rings. The molecule has 0 aliphatic carbocycles. The van der Waals surface area contributed by atoms with Crippen molar-refractivity contribution in [2.75, 3.05) is 6.54 Å². The summed E-state index contributed by atoms with van der Waals surface area (Å²) in [6.07, 6.45) is 53.7. The Morgan fingerprint density at radius 1 is 0.500 bits per heavy atom. The van der Waals surface area contributed by atoms with Gasteiger partial charge in [-0.2, -0.15) is 0 Å². The van der Waals surface area contributed by atoms with Crippen LogP contribution in [0.25, 0.3) is 0 Å². The van der Waals surface area contributed by atoms with Crippen molar-refractivity contribution >= 4 is 17.8 Å². The minimum absolute atomic E-state index is 0.00630. The van der Waals surface area contributed by atoms with Gasteiger partial charge in [-0.15, -0.1) is 0 Å². The number of carbonyl (C=O) groups excluding carboxylic acids is 2. The predicted molar refractivity (Wildman–Crippen MR) is 248 cm³/mol. The van der Waals surface area contributed by atoms with Gasteiger partial charge in [0.05, 0.1) is 0 Å². The molecule has 1 amide bonds. The lowest BCUT2D eigenvalue weighted by atomic mass is 10.0. The average Bonchev–Trinajstić information content (AvgIpc) is 3.21. The molecule has 2 unspecified atom stereocenters. The van der Waals surface area contributed by atoms with Crippen molar-refractivity contribution in [1.82, 2.24) is 5.32 Å². The summed E-state index contributed by atoms with van der Waals surface area (Å²) in [5.41, 5.74) is 5.50. The van der Waals surface area contributed by atoms with Crippen LogP contribution in [0.4, 0.5) is 0 Å². The van der Waals surface area contributed by atoms with Crippen LogP contribution in [-0.4, -0.2) is 41.6 Å². The Bertz CT molecular complexity index is 967. The van der Waals surface area contributed by atoms with E-state index in [0.717, 1.165) is 83.5 Å². The van der Waals surface area contributed by atoms with Gasteiger partial charge in [0.25, 0.3) is 0 Å². The second-order valence-corrected chi connectivity index (χ2v) is 17.2. The van der Waals surface area contributed by atoms with Gasteiger partial charge in [-0.05, 0) is 90.0 Å². The van der Waals surface area contributed by atoms with Gasteiger partial charge >= 0.3 is 11.9 Å². The Morgan fingerprint density at radius 2 is 0.897 bits per heavy atom. The number of carbonyl (C=O) groups is 3. The van der Waals surface area contributed by atoms with Crippen molar-refractivity contribution in [3.05, 3.63) is 24.3 Å². The number of allylic oxidation sites excluding steroid dienone is 4. The molecular formula is C51H96N2O5. The van der Waals surface area contributed by atoms with Crippen LogP contribution in [0, 0.1) is 0 Å². The number of ether oxygens (including phenoxy) is 1. The number of amides is 1. The fourth-order valence-electron chi connectivity index (χ4n) is 7.72. The topological polar surface area (TPSA) is 119 Å². The van der Waals surface area contributed by atoms with Gasteiger partial charge in [-0.1, -0.05) is 192 Å². The number of hydrogen-bond acceptors (Lipinski definition) is 5. The Kier molecular flexibility index (Phi) is 44.2. The number of carboxylic acids is 1. The molecule has 0 aromatic carbocycles. The SMILES string of the molecule is CCCCCCC/C=C\C/C=C\CCCCCC(CCCCCCCC(=O)NC(CCCN)C(=O)O)OC(=O)CCCCCCCCCCCCCCCCCCC. The summed E-state index contributed by atoms with van der Waals surface area (Å²) in [5.74, 6) is -1.23. The zero-order chi connectivity index (χ0) is 42.4. The van der Waals surface area contributed by atoms with Crippen LogP contribution in [0.3, 0.4) is 0 Å². The van der Waals surface area contributed by atoms with Gasteiger partial charge in [0, 0.05) is 12.8 Å².